The maximum atomic E-state index is 2.34. The van der Waals surface area contributed by atoms with E-state index in [4.69, 9.17) is 0 Å². The Balaban J connectivity index is 2.44. The van der Waals surface area contributed by atoms with Crippen molar-refractivity contribution in [2.45, 2.75) is 39.0 Å². The molecule has 0 spiro atoms. The second-order valence-corrected chi connectivity index (χ2v) is 5.77. The molecular formula is C18H22. The van der Waals surface area contributed by atoms with E-state index in [-0.39, 0.29) is 5.41 Å². The van der Waals surface area contributed by atoms with E-state index in [9.17, 15) is 0 Å². The largest absolute Gasteiger partial charge is 0.0622 e. The minimum Gasteiger partial charge on any atom is -0.0622 e. The highest BCUT2D eigenvalue weighted by Crippen LogP contribution is 2.32. The van der Waals surface area contributed by atoms with Crippen LogP contribution in [0.5, 0.6) is 0 Å². The number of hydrogen-bond acceptors (Lipinski definition) is 0. The lowest BCUT2D eigenvalue weighted by Crippen LogP contribution is -2.19. The number of benzene rings is 2. The third kappa shape index (κ3) is 2.48. The van der Waals surface area contributed by atoms with Crippen LogP contribution < -0.4 is 0 Å². The van der Waals surface area contributed by atoms with Crippen molar-refractivity contribution >= 4 is 0 Å². The molecule has 18 heavy (non-hydrogen) atoms. The summed E-state index contributed by atoms with van der Waals surface area (Å²) in [7, 11) is 0. The van der Waals surface area contributed by atoms with Crippen molar-refractivity contribution in [1.29, 1.82) is 0 Å². The first-order chi connectivity index (χ1) is 8.51. The smallest absolute Gasteiger partial charge is 0.0146 e. The van der Waals surface area contributed by atoms with E-state index in [1.54, 1.807) is 0 Å². The van der Waals surface area contributed by atoms with E-state index in [2.05, 4.69) is 82.3 Å². The molecule has 2 rings (SSSR count). The first kappa shape index (κ1) is 12.9. The van der Waals surface area contributed by atoms with Crippen LogP contribution in [0.25, 0.3) is 0 Å². The van der Waals surface area contributed by atoms with Crippen LogP contribution >= 0.6 is 0 Å². The standard InChI is InChI=1S/C18H22/c1-14(2)15-9-8-12-17(13-15)18(3,4)16-10-6-5-7-11-16/h5-14H,1-4H3. The lowest BCUT2D eigenvalue weighted by atomic mass is 9.77. The first-order valence-electron chi connectivity index (χ1n) is 6.68. The predicted molar refractivity (Wildman–Crippen MR) is 79.1 cm³/mol. The summed E-state index contributed by atoms with van der Waals surface area (Å²) in [6, 6.07) is 19.7. The molecule has 0 aliphatic rings. The molecule has 0 radical (unpaired) electrons. The van der Waals surface area contributed by atoms with Crippen molar-refractivity contribution in [3.05, 3.63) is 71.3 Å². The molecule has 0 bridgehead atoms. The van der Waals surface area contributed by atoms with Gasteiger partial charge in [0.15, 0.2) is 0 Å². The zero-order valence-electron chi connectivity index (χ0n) is 11.8. The van der Waals surface area contributed by atoms with Gasteiger partial charge in [0.2, 0.25) is 0 Å². The summed E-state index contributed by atoms with van der Waals surface area (Å²) >= 11 is 0. The van der Waals surface area contributed by atoms with Gasteiger partial charge in [0, 0.05) is 5.41 Å². The summed E-state index contributed by atoms with van der Waals surface area (Å²) in [4.78, 5) is 0. The summed E-state index contributed by atoms with van der Waals surface area (Å²) in [5.41, 5.74) is 4.23. The third-order valence-electron chi connectivity index (χ3n) is 3.77. The van der Waals surface area contributed by atoms with Crippen LogP contribution in [0.1, 0.15) is 50.3 Å². The van der Waals surface area contributed by atoms with Crippen molar-refractivity contribution in [3.8, 4) is 0 Å². The van der Waals surface area contributed by atoms with Crippen molar-refractivity contribution in [3.63, 3.8) is 0 Å². The van der Waals surface area contributed by atoms with E-state index in [1.165, 1.54) is 16.7 Å². The molecule has 0 aromatic heterocycles. The van der Waals surface area contributed by atoms with E-state index in [0.29, 0.717) is 5.92 Å². The average Bonchev–Trinajstić information content (AvgIpc) is 2.40. The highest BCUT2D eigenvalue weighted by atomic mass is 14.3. The maximum Gasteiger partial charge on any atom is 0.0146 e. The van der Waals surface area contributed by atoms with Crippen LogP contribution in [0.3, 0.4) is 0 Å². The Bertz CT molecular complexity index is 507. The molecule has 0 aliphatic heterocycles. The van der Waals surface area contributed by atoms with Crippen LogP contribution in [0.4, 0.5) is 0 Å². The molecule has 2 aromatic rings. The van der Waals surface area contributed by atoms with Gasteiger partial charge in [-0.1, -0.05) is 82.3 Å². The molecule has 0 N–H and O–H groups in total. The topological polar surface area (TPSA) is 0 Å². The van der Waals surface area contributed by atoms with Gasteiger partial charge in [-0.25, -0.2) is 0 Å². The Morgan fingerprint density at radius 2 is 1.39 bits per heavy atom. The summed E-state index contributed by atoms with van der Waals surface area (Å²) in [5.74, 6) is 0.580. The molecule has 0 heteroatoms. The van der Waals surface area contributed by atoms with Crippen LogP contribution in [0.15, 0.2) is 54.6 Å². The Kier molecular flexibility index (Phi) is 3.56. The van der Waals surface area contributed by atoms with E-state index in [0.717, 1.165) is 0 Å². The monoisotopic (exact) mass is 238 g/mol. The molecule has 0 amide bonds. The zero-order valence-corrected chi connectivity index (χ0v) is 11.8. The van der Waals surface area contributed by atoms with Crippen LogP contribution in [0.2, 0.25) is 0 Å². The quantitative estimate of drug-likeness (QED) is 0.695. The fourth-order valence-corrected chi connectivity index (χ4v) is 2.31. The summed E-state index contributed by atoms with van der Waals surface area (Å²) in [5, 5.41) is 0. The van der Waals surface area contributed by atoms with Gasteiger partial charge in [-0.05, 0) is 22.6 Å². The average molecular weight is 238 g/mol. The van der Waals surface area contributed by atoms with Gasteiger partial charge in [0.1, 0.15) is 0 Å². The number of rotatable bonds is 3. The molecule has 0 aliphatic carbocycles. The summed E-state index contributed by atoms with van der Waals surface area (Å²) < 4.78 is 0. The second kappa shape index (κ2) is 4.97. The maximum absolute atomic E-state index is 2.34. The van der Waals surface area contributed by atoms with Crippen molar-refractivity contribution in [2.75, 3.05) is 0 Å². The minimum atomic E-state index is 0.0617. The minimum absolute atomic E-state index is 0.0617. The Morgan fingerprint density at radius 3 is 2.00 bits per heavy atom. The van der Waals surface area contributed by atoms with Gasteiger partial charge < -0.3 is 0 Å². The van der Waals surface area contributed by atoms with E-state index >= 15 is 0 Å². The van der Waals surface area contributed by atoms with Crippen molar-refractivity contribution in [1.82, 2.24) is 0 Å². The molecule has 0 saturated carbocycles. The Hall–Kier alpha value is -1.56. The molecule has 94 valence electrons. The summed E-state index contributed by atoms with van der Waals surface area (Å²) in [6.45, 7) is 9.08. The van der Waals surface area contributed by atoms with Crippen LogP contribution in [-0.4, -0.2) is 0 Å². The molecular weight excluding hydrogens is 216 g/mol. The Labute approximate surface area is 111 Å². The van der Waals surface area contributed by atoms with Gasteiger partial charge in [-0.15, -0.1) is 0 Å². The lowest BCUT2D eigenvalue weighted by molar-refractivity contribution is 0.638. The fraction of sp³-hybridized carbons (Fsp3) is 0.333. The molecule has 0 nitrogen and oxygen atoms in total. The van der Waals surface area contributed by atoms with E-state index < -0.39 is 0 Å². The number of hydrogen-bond donors (Lipinski definition) is 0. The SMILES string of the molecule is CC(C)c1cccc(C(C)(C)c2ccccc2)c1. The van der Waals surface area contributed by atoms with Crippen molar-refractivity contribution in [2.24, 2.45) is 0 Å². The van der Waals surface area contributed by atoms with E-state index in [1.807, 2.05) is 0 Å². The van der Waals surface area contributed by atoms with Gasteiger partial charge in [-0.3, -0.25) is 0 Å². The molecule has 0 fully saturated rings. The van der Waals surface area contributed by atoms with Gasteiger partial charge in [0.05, 0.1) is 0 Å². The molecule has 0 unspecified atom stereocenters. The molecule has 0 saturated heterocycles. The highest BCUT2D eigenvalue weighted by Gasteiger charge is 2.23. The van der Waals surface area contributed by atoms with Gasteiger partial charge >= 0.3 is 0 Å². The normalized spacial score (nSPS) is 11.8. The molecule has 0 atom stereocenters. The van der Waals surface area contributed by atoms with Crippen LogP contribution in [-0.2, 0) is 5.41 Å². The van der Waals surface area contributed by atoms with Crippen LogP contribution in [0, 0.1) is 0 Å². The third-order valence-corrected chi connectivity index (χ3v) is 3.77. The first-order valence-corrected chi connectivity index (χ1v) is 6.68. The Morgan fingerprint density at radius 1 is 0.778 bits per heavy atom. The highest BCUT2D eigenvalue weighted by molar-refractivity contribution is 5.39. The predicted octanol–water partition coefficient (Wildman–Crippen LogP) is 5.14. The zero-order chi connectivity index (χ0) is 13.2. The lowest BCUT2D eigenvalue weighted by Gasteiger charge is -2.27. The summed E-state index contributed by atoms with van der Waals surface area (Å²) in [6.07, 6.45) is 0. The van der Waals surface area contributed by atoms with Gasteiger partial charge in [0.25, 0.3) is 0 Å². The fourth-order valence-electron chi connectivity index (χ4n) is 2.31. The second-order valence-electron chi connectivity index (χ2n) is 5.77. The van der Waals surface area contributed by atoms with Gasteiger partial charge in [-0.2, -0.15) is 0 Å². The molecule has 0 heterocycles. The van der Waals surface area contributed by atoms with Crippen molar-refractivity contribution < 1.29 is 0 Å². The molecule has 2 aromatic carbocycles.